The molecule has 0 aromatic carbocycles. The maximum Gasteiger partial charge on any atom is 0.472 e. The third-order valence-electron chi connectivity index (χ3n) is 14.7. The van der Waals surface area contributed by atoms with E-state index in [1.54, 1.807) is 0 Å². The first-order valence-corrected chi connectivity index (χ1v) is 34.5. The molecule has 0 aliphatic carbocycles. The molecule has 0 spiro atoms. The van der Waals surface area contributed by atoms with Gasteiger partial charge in [-0.15, -0.1) is 0 Å². The zero-order valence-electron chi connectivity index (χ0n) is 51.7. The maximum absolute atomic E-state index is 13.6. The molecule has 0 aromatic heterocycles. The molecular formula is C67H128N2O7P+. The lowest BCUT2D eigenvalue weighted by molar-refractivity contribution is -0.870. The van der Waals surface area contributed by atoms with E-state index in [0.29, 0.717) is 23.9 Å². The SMILES string of the molecule is CCCCC/C=C\C/C=C\CCCCCCCCCCCCCCCC(=O)OC(/C=C\CCCCCCCCCCCCC)C(COP(=O)(O)OCC[N+](C)(C)C)NC(=O)CCCCCCCCC/C=C\CCCCCC. The number of nitrogens with one attached hydrogen (secondary N) is 1. The molecule has 77 heavy (non-hydrogen) atoms. The van der Waals surface area contributed by atoms with Crippen LogP contribution in [0.25, 0.3) is 0 Å². The number of hydrogen-bond donors (Lipinski definition) is 2. The summed E-state index contributed by atoms with van der Waals surface area (Å²) in [5.41, 5.74) is 0. The summed E-state index contributed by atoms with van der Waals surface area (Å²) in [5, 5.41) is 3.06. The Bertz CT molecular complexity index is 1460. The fourth-order valence-electron chi connectivity index (χ4n) is 9.61. The minimum atomic E-state index is -4.45. The van der Waals surface area contributed by atoms with Gasteiger partial charge in [-0.05, 0) is 89.5 Å². The zero-order valence-corrected chi connectivity index (χ0v) is 52.6. The van der Waals surface area contributed by atoms with Crippen molar-refractivity contribution in [3.05, 3.63) is 48.6 Å². The number of phosphoric acid groups is 1. The van der Waals surface area contributed by atoms with Gasteiger partial charge in [0.15, 0.2) is 0 Å². The highest BCUT2D eigenvalue weighted by Gasteiger charge is 2.30. The number of hydrogen-bond acceptors (Lipinski definition) is 6. The summed E-state index contributed by atoms with van der Waals surface area (Å²) in [6, 6.07) is -0.849. The second-order valence-electron chi connectivity index (χ2n) is 23.6. The first-order chi connectivity index (χ1) is 37.4. The van der Waals surface area contributed by atoms with Crippen molar-refractivity contribution in [2.45, 2.75) is 328 Å². The standard InChI is InChI=1S/C67H127N2O7P/c1-7-10-13-16-19-22-25-28-30-31-32-33-34-35-36-37-39-42-45-48-51-54-57-60-67(71)76-65(58-55-52-49-46-43-40-27-24-21-18-15-12-9-3)64(63-75-77(72,73)74-62-61-69(4,5)6)68-66(70)59-56-53-50-47-44-41-38-29-26-23-20-17-14-11-8-2/h19,22-23,26,28,30,55,58,64-65H,7-18,20-21,24-25,27,29,31-54,56-57,59-63H2,1-6H3,(H-,68,70,72,73)/p+1/b22-19-,26-23-,30-28-,58-55-. The average molecular weight is 1100 g/mol. The van der Waals surface area contributed by atoms with E-state index in [1.165, 1.54) is 205 Å². The predicted molar refractivity (Wildman–Crippen MR) is 332 cm³/mol. The lowest BCUT2D eigenvalue weighted by atomic mass is 10.0. The molecule has 0 aliphatic rings. The van der Waals surface area contributed by atoms with E-state index in [9.17, 15) is 19.0 Å². The Morgan fingerprint density at radius 1 is 0.455 bits per heavy atom. The Labute approximate surface area is 478 Å². The third kappa shape index (κ3) is 58.4. The van der Waals surface area contributed by atoms with E-state index in [0.717, 1.165) is 77.0 Å². The van der Waals surface area contributed by atoms with E-state index in [4.69, 9.17) is 13.8 Å². The first kappa shape index (κ1) is 75.0. The summed E-state index contributed by atoms with van der Waals surface area (Å²) in [6.45, 7) is 7.01. The summed E-state index contributed by atoms with van der Waals surface area (Å²) in [7, 11) is 1.50. The molecule has 0 heterocycles. The quantitative estimate of drug-likeness (QED) is 0.0205. The monoisotopic (exact) mass is 1100 g/mol. The van der Waals surface area contributed by atoms with Crippen molar-refractivity contribution in [3.63, 3.8) is 0 Å². The van der Waals surface area contributed by atoms with Gasteiger partial charge in [0.1, 0.15) is 19.3 Å². The van der Waals surface area contributed by atoms with E-state index in [2.05, 4.69) is 62.5 Å². The van der Waals surface area contributed by atoms with Crippen molar-refractivity contribution in [3.8, 4) is 0 Å². The van der Waals surface area contributed by atoms with Crippen molar-refractivity contribution in [1.82, 2.24) is 5.32 Å². The molecule has 1 amide bonds. The number of allylic oxidation sites excluding steroid dienone is 7. The molecule has 3 unspecified atom stereocenters. The number of unbranched alkanes of at least 4 members (excludes halogenated alkanes) is 38. The Kier molecular flexibility index (Phi) is 55.7. The fourth-order valence-corrected chi connectivity index (χ4v) is 10.3. The zero-order chi connectivity index (χ0) is 56.4. The molecule has 0 aliphatic heterocycles. The van der Waals surface area contributed by atoms with Crippen LogP contribution in [0.2, 0.25) is 0 Å². The predicted octanol–water partition coefficient (Wildman–Crippen LogP) is 20.5. The van der Waals surface area contributed by atoms with Crippen LogP contribution in [-0.2, 0) is 27.9 Å². The van der Waals surface area contributed by atoms with Gasteiger partial charge in [-0.2, -0.15) is 0 Å². The van der Waals surface area contributed by atoms with E-state index in [1.807, 2.05) is 33.3 Å². The van der Waals surface area contributed by atoms with Crippen LogP contribution < -0.4 is 5.32 Å². The topological polar surface area (TPSA) is 111 Å². The second-order valence-corrected chi connectivity index (χ2v) is 25.1. The summed E-state index contributed by atoms with van der Waals surface area (Å²) in [4.78, 5) is 37.8. The van der Waals surface area contributed by atoms with Gasteiger partial charge >= 0.3 is 13.8 Å². The summed E-state index contributed by atoms with van der Waals surface area (Å²) in [5.74, 6) is -0.500. The molecule has 9 nitrogen and oxygen atoms in total. The van der Waals surface area contributed by atoms with Gasteiger partial charge in [-0.1, -0.05) is 262 Å². The molecular weight excluding hydrogens is 976 g/mol. The lowest BCUT2D eigenvalue weighted by Crippen LogP contribution is -2.47. The Morgan fingerprint density at radius 2 is 0.792 bits per heavy atom. The highest BCUT2D eigenvalue weighted by molar-refractivity contribution is 7.47. The van der Waals surface area contributed by atoms with Gasteiger partial charge in [-0.3, -0.25) is 18.6 Å². The Morgan fingerprint density at radius 3 is 1.22 bits per heavy atom. The fraction of sp³-hybridized carbons (Fsp3) is 0.851. The normalized spacial score (nSPS) is 13.9. The summed E-state index contributed by atoms with van der Waals surface area (Å²) < 4.78 is 30.8. The number of esters is 1. The smallest absolute Gasteiger partial charge is 0.456 e. The first-order valence-electron chi connectivity index (χ1n) is 33.0. The maximum atomic E-state index is 13.6. The van der Waals surface area contributed by atoms with Gasteiger partial charge < -0.3 is 19.4 Å². The van der Waals surface area contributed by atoms with Crippen LogP contribution in [0.15, 0.2) is 48.6 Å². The molecule has 0 rings (SSSR count). The average Bonchev–Trinajstić information content (AvgIpc) is 3.39. The number of ether oxygens (including phenoxy) is 1. The lowest BCUT2D eigenvalue weighted by Gasteiger charge is -2.27. The number of likely N-dealkylation sites (N-methyl/N-ethyl adjacent to an activating group) is 1. The Hall–Kier alpha value is -2.03. The van der Waals surface area contributed by atoms with Crippen molar-refractivity contribution in [1.29, 1.82) is 0 Å². The number of phosphoric ester groups is 1. The van der Waals surface area contributed by atoms with Gasteiger partial charge in [0.2, 0.25) is 5.91 Å². The van der Waals surface area contributed by atoms with E-state index in [-0.39, 0.29) is 25.1 Å². The number of quaternary nitrogens is 1. The van der Waals surface area contributed by atoms with Gasteiger partial charge in [0.05, 0.1) is 33.8 Å². The van der Waals surface area contributed by atoms with Crippen LogP contribution in [0.4, 0.5) is 0 Å². The largest absolute Gasteiger partial charge is 0.472 e. The van der Waals surface area contributed by atoms with Crippen LogP contribution in [-0.4, -0.2) is 74.3 Å². The van der Waals surface area contributed by atoms with Gasteiger partial charge in [-0.25, -0.2) is 4.57 Å². The summed E-state index contributed by atoms with van der Waals surface area (Å²) in [6.07, 6.45) is 71.1. The van der Waals surface area contributed by atoms with Crippen LogP contribution in [0, 0.1) is 0 Å². The van der Waals surface area contributed by atoms with Crippen LogP contribution in [0.1, 0.15) is 316 Å². The highest BCUT2D eigenvalue weighted by atomic mass is 31.2. The van der Waals surface area contributed by atoms with E-state index >= 15 is 0 Å². The van der Waals surface area contributed by atoms with Gasteiger partial charge in [0, 0.05) is 12.8 Å². The van der Waals surface area contributed by atoms with Crippen LogP contribution >= 0.6 is 7.82 Å². The third-order valence-corrected chi connectivity index (χ3v) is 15.7. The molecule has 452 valence electrons. The Balaban J connectivity index is 5.16. The number of nitrogens with zero attached hydrogens (tertiary/aromatic N) is 1. The van der Waals surface area contributed by atoms with Crippen LogP contribution in [0.5, 0.6) is 0 Å². The van der Waals surface area contributed by atoms with Crippen molar-refractivity contribution in [2.75, 3.05) is 40.9 Å². The van der Waals surface area contributed by atoms with Crippen molar-refractivity contribution >= 4 is 19.7 Å². The number of carbonyl (C=O) groups is 2. The molecule has 10 heteroatoms. The minimum absolute atomic E-state index is 0.0403. The molecule has 2 N–H and O–H groups in total. The molecule has 0 radical (unpaired) electrons. The highest BCUT2D eigenvalue weighted by Crippen LogP contribution is 2.43. The molecule has 0 fully saturated rings. The second kappa shape index (κ2) is 57.2. The van der Waals surface area contributed by atoms with Crippen molar-refractivity contribution in [2.24, 2.45) is 0 Å². The number of amides is 1. The van der Waals surface area contributed by atoms with E-state index < -0.39 is 20.0 Å². The molecule has 0 saturated carbocycles. The molecule has 3 atom stereocenters. The summed E-state index contributed by atoms with van der Waals surface area (Å²) >= 11 is 0. The molecule has 0 aromatic rings. The molecule has 0 bridgehead atoms. The number of carbonyl (C=O) groups excluding carboxylic acids is 2. The van der Waals surface area contributed by atoms with Gasteiger partial charge in [0.25, 0.3) is 0 Å². The number of rotatable bonds is 60. The minimum Gasteiger partial charge on any atom is -0.456 e. The van der Waals surface area contributed by atoms with Crippen molar-refractivity contribution < 1.29 is 37.3 Å². The molecule has 0 saturated heterocycles. The van der Waals surface area contributed by atoms with Crippen LogP contribution in [0.3, 0.4) is 0 Å².